The van der Waals surface area contributed by atoms with Gasteiger partial charge in [-0.3, -0.25) is 0 Å². The van der Waals surface area contributed by atoms with Crippen LogP contribution in [0.25, 0.3) is 0 Å². The Labute approximate surface area is 820 Å². The summed E-state index contributed by atoms with van der Waals surface area (Å²) in [5.74, 6) is 1.19. The fourth-order valence-corrected chi connectivity index (χ4v) is 24.6. The van der Waals surface area contributed by atoms with E-state index in [4.69, 9.17) is 0 Å². The van der Waals surface area contributed by atoms with E-state index in [0.717, 1.165) is 37.7 Å². The van der Waals surface area contributed by atoms with Crippen LogP contribution in [-0.2, 0) is 38.9 Å². The minimum absolute atomic E-state index is 0.0774. The summed E-state index contributed by atoms with van der Waals surface area (Å²) in [5.41, 5.74) is 24.7. The van der Waals surface area contributed by atoms with Gasteiger partial charge in [0.2, 0.25) is 0 Å². The molecule has 4 spiro atoms. The third-order valence-electron chi connectivity index (χ3n) is 31.9. The van der Waals surface area contributed by atoms with Gasteiger partial charge in [-0.05, 0) is 385 Å². The molecule has 134 heavy (non-hydrogen) atoms. The predicted molar refractivity (Wildman–Crippen MR) is 584 cm³/mol. The molecule has 4 saturated heterocycles. The number of aryl methyl sites for hydroxylation is 1. The molecule has 1 N–H and O–H groups in total. The average molecular weight is 1830 g/mol. The number of piperidine rings is 4. The van der Waals surface area contributed by atoms with Crippen molar-refractivity contribution in [2.75, 3.05) is 159 Å². The lowest BCUT2D eigenvalue weighted by Crippen LogP contribution is -2.52. The molecule has 0 unspecified atom stereocenters. The van der Waals surface area contributed by atoms with Crippen LogP contribution < -0.4 is 34.3 Å². The van der Waals surface area contributed by atoms with Crippen LogP contribution in [0.5, 0.6) is 5.75 Å². The number of hydrogen-bond acceptors (Lipinski definition) is 12. The zero-order valence-electron chi connectivity index (χ0n) is 91.7. The summed E-state index contributed by atoms with van der Waals surface area (Å²) < 4.78 is 0. The van der Waals surface area contributed by atoms with Gasteiger partial charge in [-0.15, -0.1) is 0 Å². The van der Waals surface area contributed by atoms with Gasteiger partial charge < -0.3 is 59.0 Å². The maximum atomic E-state index is 9.95. The van der Waals surface area contributed by atoms with Crippen LogP contribution in [0.1, 0.15) is 338 Å². The van der Waals surface area contributed by atoms with Crippen molar-refractivity contribution in [3.63, 3.8) is 0 Å². The smallest absolute Gasteiger partial charge is 0.139 e. The Bertz CT molecular complexity index is 4970. The summed E-state index contributed by atoms with van der Waals surface area (Å²) in [6, 6.07) is 60.1. The van der Waals surface area contributed by atoms with Gasteiger partial charge in [0, 0.05) is 165 Å². The molecule has 0 saturated carbocycles. The van der Waals surface area contributed by atoms with Crippen molar-refractivity contribution in [1.82, 2.24) is 19.6 Å². The highest BCUT2D eigenvalue weighted by Crippen LogP contribution is 2.55. The number of para-hydroxylation sites is 7. The highest BCUT2D eigenvalue weighted by atomic mass is 16.3. The van der Waals surface area contributed by atoms with Crippen LogP contribution in [0.4, 0.5) is 39.8 Å². The molecule has 4 fully saturated rings. The first-order valence-corrected chi connectivity index (χ1v) is 52.8. The van der Waals surface area contributed by atoms with Crippen LogP contribution in [0.3, 0.4) is 0 Å². The summed E-state index contributed by atoms with van der Waals surface area (Å²) in [6.45, 7) is 98.3. The first kappa shape index (κ1) is 106. The summed E-state index contributed by atoms with van der Waals surface area (Å²) in [4.78, 5) is 28.4. The molecule has 7 aromatic rings. The van der Waals surface area contributed by atoms with Crippen molar-refractivity contribution in [3.8, 4) is 5.75 Å². The van der Waals surface area contributed by atoms with E-state index in [0.29, 0.717) is 43.7 Å². The lowest BCUT2D eigenvalue weighted by molar-refractivity contribution is 0.113. The van der Waals surface area contributed by atoms with E-state index in [-0.39, 0.29) is 44.2 Å². The third-order valence-corrected chi connectivity index (χ3v) is 31.9. The first-order chi connectivity index (χ1) is 62.1. The van der Waals surface area contributed by atoms with Gasteiger partial charge >= 0.3 is 0 Å². The standard InChI is InChI=1S/C22H36N2.C21H34N2.C20H32N2.C17H26N2.C15H23N.C14H21N.C13H19NO/c1-20(2,3)17-23-14-11-22(12-15-23)13-16-24(21(4,5)6)19-10-8-7-9-18(19)22;1-19(2,3)15-22-13-11-21(12-14-22)16-23(20(4,5)6)18-10-8-7-9-17(18)21;1-16(2)14-21-12-10-20(11-13-21)15-22(19(3,4)5)18-9-7-6-8-17(18)20;1-16(2,3)19-13-17(9-11-18(4)12-10-17)14-7-5-6-8-15(14)19;1-14(2,3)16-11-10-15(4,5)12-8-6-7-9-13(12)16;1-13(2,3)15-10-14(4,5)11-8-6-7-9-12(11)15;1-13(2,3)14-9-5-7-10-6-4-8-11(15)12(10)14/h7-10H,11-17H2,1-6H3;7-10H,11-16H2,1-6H3;6-9,16H,10-15H2,1-5H3;5-8H,9-13H2,1-4H3;6-9H,10-11H2,1-5H3;6-9H,10H2,1-5H3;4,6,8,15H,5,7,9H2,1-3H3. The van der Waals surface area contributed by atoms with Crippen molar-refractivity contribution in [2.45, 2.75) is 377 Å². The molecule has 0 atom stereocenters. The molecule has 11 aliphatic rings. The molecule has 0 aromatic heterocycles. The number of anilines is 7. The molecule has 12 nitrogen and oxygen atoms in total. The van der Waals surface area contributed by atoms with Crippen LogP contribution in [0.2, 0.25) is 0 Å². The van der Waals surface area contributed by atoms with Gasteiger partial charge in [-0.25, -0.2) is 0 Å². The number of likely N-dealkylation sites (tertiary alicyclic amines) is 4. The van der Waals surface area contributed by atoms with E-state index in [1.54, 1.807) is 28.3 Å². The molecule has 11 aliphatic heterocycles. The van der Waals surface area contributed by atoms with E-state index in [2.05, 4.69) is 441 Å². The van der Waals surface area contributed by atoms with Crippen LogP contribution >= 0.6 is 0 Å². The highest BCUT2D eigenvalue weighted by Gasteiger charge is 2.52. The molecule has 18 rings (SSSR count). The molecule has 0 bridgehead atoms. The second-order valence-electron chi connectivity index (χ2n) is 54.0. The topological polar surface area (TPSA) is 55.9 Å². The maximum absolute atomic E-state index is 9.95. The monoisotopic (exact) mass is 1830 g/mol. The van der Waals surface area contributed by atoms with E-state index in [1.165, 1.54) is 220 Å². The minimum atomic E-state index is 0.0774. The van der Waals surface area contributed by atoms with Crippen molar-refractivity contribution in [3.05, 3.63) is 203 Å². The highest BCUT2D eigenvalue weighted by molar-refractivity contribution is 5.70. The Morgan fingerprint density at radius 2 is 0.552 bits per heavy atom. The number of fused-ring (bicyclic) bond motifs is 11. The van der Waals surface area contributed by atoms with Crippen molar-refractivity contribution < 1.29 is 5.11 Å². The number of aromatic hydroxyl groups is 1. The van der Waals surface area contributed by atoms with Gasteiger partial charge in [-0.1, -0.05) is 204 Å². The predicted octanol–water partition coefficient (Wildman–Crippen LogP) is 27.8. The van der Waals surface area contributed by atoms with Crippen molar-refractivity contribution in [2.24, 2.45) is 16.7 Å². The molecular weight excluding hydrogens is 1640 g/mol. The molecule has 740 valence electrons. The number of nitrogens with zero attached hydrogens (tertiary/aromatic N) is 11. The van der Waals surface area contributed by atoms with Crippen molar-refractivity contribution in [1.29, 1.82) is 0 Å². The van der Waals surface area contributed by atoms with E-state index in [1.807, 2.05) is 6.07 Å². The Morgan fingerprint density at radius 1 is 0.276 bits per heavy atom. The lowest BCUT2D eigenvalue weighted by atomic mass is 9.67. The Kier molecular flexibility index (Phi) is 31.7. The lowest BCUT2D eigenvalue weighted by Gasteiger charge is -2.52. The number of phenolic OH excluding ortho intramolecular Hbond substituents is 1. The van der Waals surface area contributed by atoms with Gasteiger partial charge in [0.1, 0.15) is 5.75 Å². The second-order valence-corrected chi connectivity index (χ2v) is 54.0. The van der Waals surface area contributed by atoms with Crippen LogP contribution in [0, 0.1) is 16.7 Å². The van der Waals surface area contributed by atoms with Gasteiger partial charge in [0.05, 0.1) is 5.69 Å². The van der Waals surface area contributed by atoms with Gasteiger partial charge in [0.25, 0.3) is 0 Å². The fraction of sp³-hybridized carbons (Fsp3) is 0.656. The molecule has 0 aliphatic carbocycles. The number of benzene rings is 7. The first-order valence-electron chi connectivity index (χ1n) is 52.8. The number of hydrogen-bond donors (Lipinski definition) is 1. The largest absolute Gasteiger partial charge is 0.506 e. The van der Waals surface area contributed by atoms with Crippen molar-refractivity contribution >= 4 is 39.8 Å². The SMILES string of the molecule is CC(C)(C)CN1CCC2(CC1)CCN(C(C)(C)C)c1ccccc12.CC(C)(C)CN1CCC2(CC1)CN(C(C)(C)C)c1ccccc12.CC(C)(C)N1CCCc2cccc(O)c21.CC(C)CN1CCC2(CC1)CN(C(C)(C)C)c1ccccc12.CC1(C)CCN(C(C)(C)C)c2ccccc21.CC1(C)CN(C(C)(C)C)c2ccccc21.CN1CCC2(CC1)CN(C(C)(C)C)c1ccccc12. The number of phenols is 1. The van der Waals surface area contributed by atoms with E-state index < -0.39 is 0 Å². The molecule has 0 radical (unpaired) electrons. The summed E-state index contributed by atoms with van der Waals surface area (Å²) >= 11 is 0. The average Bonchev–Trinajstić information content (AvgIpc) is 1.71. The zero-order chi connectivity index (χ0) is 98.4. The van der Waals surface area contributed by atoms with Crippen LogP contribution in [-0.4, -0.2) is 188 Å². The molecule has 12 heteroatoms. The van der Waals surface area contributed by atoms with Crippen LogP contribution in [0.15, 0.2) is 164 Å². The summed E-state index contributed by atoms with van der Waals surface area (Å²) in [6.07, 6.45) is 15.2. The number of rotatable bonds is 4. The Hall–Kier alpha value is -7.22. The Morgan fingerprint density at radius 3 is 0.903 bits per heavy atom. The third kappa shape index (κ3) is 24.6. The molecular formula is C122H191N11O. The fourth-order valence-electron chi connectivity index (χ4n) is 24.6. The normalized spacial score (nSPS) is 20.7. The zero-order valence-corrected chi connectivity index (χ0v) is 91.7. The Balaban J connectivity index is 0.000000142. The molecule has 7 aromatic carbocycles. The van der Waals surface area contributed by atoms with E-state index >= 15 is 0 Å². The summed E-state index contributed by atoms with van der Waals surface area (Å²) in [7, 11) is 2.25. The minimum Gasteiger partial charge on any atom is -0.506 e. The van der Waals surface area contributed by atoms with Gasteiger partial charge in [-0.2, -0.15) is 0 Å². The van der Waals surface area contributed by atoms with Gasteiger partial charge in [0.15, 0.2) is 0 Å². The second kappa shape index (κ2) is 40.2. The quantitative estimate of drug-likeness (QED) is 0.183. The maximum Gasteiger partial charge on any atom is 0.139 e. The summed E-state index contributed by atoms with van der Waals surface area (Å²) in [5, 5.41) is 9.95. The van der Waals surface area contributed by atoms with E-state index in [9.17, 15) is 5.11 Å². The molecule has 0 amide bonds. The molecule has 11 heterocycles.